The first kappa shape index (κ1) is 18.4. The van der Waals surface area contributed by atoms with Crippen LogP contribution in [0.25, 0.3) is 0 Å². The van der Waals surface area contributed by atoms with Gasteiger partial charge in [0.2, 0.25) is 5.91 Å². The van der Waals surface area contributed by atoms with Crippen molar-refractivity contribution in [2.75, 3.05) is 27.2 Å². The standard InChI is InChI=1S/C18H21ClN4O3/c1-21(2)17(24)11-26-10-15-16-9-22(6-7-23(16)12-20-15)18(25)13-4-3-5-14(19)8-13/h3-5,8,12H,6-7,9-11H2,1-2H3. The lowest BCUT2D eigenvalue weighted by atomic mass is 10.1. The number of nitrogens with zero attached hydrogens (tertiary/aromatic N) is 4. The molecule has 8 heteroatoms. The van der Waals surface area contributed by atoms with Gasteiger partial charge in [-0.15, -0.1) is 0 Å². The molecule has 1 aromatic heterocycles. The quantitative estimate of drug-likeness (QED) is 0.798. The molecule has 0 unspecified atom stereocenters. The Kier molecular flexibility index (Phi) is 5.58. The van der Waals surface area contributed by atoms with E-state index >= 15 is 0 Å². The van der Waals surface area contributed by atoms with Crippen LogP contribution >= 0.6 is 11.6 Å². The molecule has 1 aliphatic heterocycles. The molecule has 26 heavy (non-hydrogen) atoms. The van der Waals surface area contributed by atoms with E-state index < -0.39 is 0 Å². The Bertz CT molecular complexity index is 819. The van der Waals surface area contributed by atoms with Crippen LogP contribution in [-0.2, 0) is 29.2 Å². The van der Waals surface area contributed by atoms with Crippen molar-refractivity contribution in [1.29, 1.82) is 0 Å². The first-order valence-electron chi connectivity index (χ1n) is 8.31. The van der Waals surface area contributed by atoms with Gasteiger partial charge in [0.05, 0.1) is 30.9 Å². The number of rotatable bonds is 5. The average molecular weight is 377 g/mol. The lowest BCUT2D eigenvalue weighted by Gasteiger charge is -2.29. The molecule has 0 N–H and O–H groups in total. The highest BCUT2D eigenvalue weighted by molar-refractivity contribution is 6.30. The first-order chi connectivity index (χ1) is 12.5. The lowest BCUT2D eigenvalue weighted by molar-refractivity contribution is -0.134. The number of hydrogen-bond acceptors (Lipinski definition) is 4. The summed E-state index contributed by atoms with van der Waals surface area (Å²) in [5.41, 5.74) is 2.25. The number of halogens is 1. The van der Waals surface area contributed by atoms with E-state index in [4.69, 9.17) is 16.3 Å². The van der Waals surface area contributed by atoms with E-state index in [0.29, 0.717) is 30.2 Å². The summed E-state index contributed by atoms with van der Waals surface area (Å²) in [6.07, 6.45) is 1.75. The predicted octanol–water partition coefficient (Wildman–Crippen LogP) is 1.80. The van der Waals surface area contributed by atoms with E-state index in [9.17, 15) is 9.59 Å². The molecular formula is C18H21ClN4O3. The number of hydrogen-bond donors (Lipinski definition) is 0. The van der Waals surface area contributed by atoms with Gasteiger partial charge >= 0.3 is 0 Å². The number of carbonyl (C=O) groups is 2. The summed E-state index contributed by atoms with van der Waals surface area (Å²) in [7, 11) is 3.37. The van der Waals surface area contributed by atoms with Gasteiger partial charge in [-0.05, 0) is 18.2 Å². The smallest absolute Gasteiger partial charge is 0.254 e. The zero-order valence-corrected chi connectivity index (χ0v) is 15.6. The van der Waals surface area contributed by atoms with Crippen LogP contribution in [0.4, 0.5) is 0 Å². The SMILES string of the molecule is CN(C)C(=O)COCc1ncn2c1CN(C(=O)c1cccc(Cl)c1)CC2. The molecule has 7 nitrogen and oxygen atoms in total. The highest BCUT2D eigenvalue weighted by atomic mass is 35.5. The van der Waals surface area contributed by atoms with Gasteiger partial charge in [0.1, 0.15) is 6.61 Å². The minimum absolute atomic E-state index is 0.00442. The normalized spacial score (nSPS) is 13.4. The third-order valence-corrected chi connectivity index (χ3v) is 4.54. The van der Waals surface area contributed by atoms with Crippen molar-refractivity contribution in [3.8, 4) is 0 Å². The molecule has 0 saturated heterocycles. The molecule has 1 aliphatic rings. The van der Waals surface area contributed by atoms with E-state index in [-0.39, 0.29) is 25.0 Å². The number of aromatic nitrogens is 2. The van der Waals surface area contributed by atoms with Crippen LogP contribution in [0.15, 0.2) is 30.6 Å². The summed E-state index contributed by atoms with van der Waals surface area (Å²) in [6, 6.07) is 6.95. The predicted molar refractivity (Wildman–Crippen MR) is 96.8 cm³/mol. The minimum Gasteiger partial charge on any atom is -0.365 e. The van der Waals surface area contributed by atoms with Gasteiger partial charge in [0, 0.05) is 37.8 Å². The molecule has 0 spiro atoms. The fraction of sp³-hybridized carbons (Fsp3) is 0.389. The highest BCUT2D eigenvalue weighted by Gasteiger charge is 2.24. The summed E-state index contributed by atoms with van der Waals surface area (Å²) >= 11 is 5.99. The Labute approximate surface area is 157 Å². The molecule has 0 saturated carbocycles. The van der Waals surface area contributed by atoms with Crippen LogP contribution in [0.5, 0.6) is 0 Å². The molecule has 0 atom stereocenters. The number of imidazole rings is 1. The van der Waals surface area contributed by atoms with Gasteiger partial charge in [0.15, 0.2) is 0 Å². The number of fused-ring (bicyclic) bond motifs is 1. The van der Waals surface area contributed by atoms with Gasteiger partial charge < -0.3 is 19.1 Å². The molecule has 2 heterocycles. The number of carbonyl (C=O) groups excluding carboxylic acids is 2. The van der Waals surface area contributed by atoms with Gasteiger partial charge in [0.25, 0.3) is 5.91 Å². The maximum absolute atomic E-state index is 12.7. The molecular weight excluding hydrogens is 356 g/mol. The fourth-order valence-electron chi connectivity index (χ4n) is 2.77. The summed E-state index contributed by atoms with van der Waals surface area (Å²) in [5, 5.41) is 0.539. The molecule has 1 aromatic carbocycles. The van der Waals surface area contributed by atoms with Crippen molar-refractivity contribution in [3.05, 3.63) is 52.6 Å². The van der Waals surface area contributed by atoms with Crippen molar-refractivity contribution >= 4 is 23.4 Å². The Morgan fingerprint density at radius 1 is 1.31 bits per heavy atom. The van der Waals surface area contributed by atoms with Gasteiger partial charge in [-0.2, -0.15) is 0 Å². The van der Waals surface area contributed by atoms with Crippen molar-refractivity contribution < 1.29 is 14.3 Å². The molecule has 0 fully saturated rings. The maximum Gasteiger partial charge on any atom is 0.254 e. The van der Waals surface area contributed by atoms with Crippen LogP contribution in [-0.4, -0.2) is 58.4 Å². The Morgan fingerprint density at radius 2 is 2.12 bits per heavy atom. The Balaban J connectivity index is 1.67. The van der Waals surface area contributed by atoms with E-state index in [0.717, 1.165) is 11.4 Å². The summed E-state index contributed by atoms with van der Waals surface area (Å²) in [5.74, 6) is -0.162. The molecule has 0 aliphatic carbocycles. The second-order valence-corrected chi connectivity index (χ2v) is 6.79. The largest absolute Gasteiger partial charge is 0.365 e. The van der Waals surface area contributed by atoms with Crippen LogP contribution in [0, 0.1) is 0 Å². The number of ether oxygens (including phenoxy) is 1. The van der Waals surface area contributed by atoms with Crippen molar-refractivity contribution in [2.45, 2.75) is 19.7 Å². The molecule has 0 radical (unpaired) electrons. The van der Waals surface area contributed by atoms with Crippen molar-refractivity contribution in [3.63, 3.8) is 0 Å². The van der Waals surface area contributed by atoms with Gasteiger partial charge in [-0.1, -0.05) is 17.7 Å². The van der Waals surface area contributed by atoms with Crippen LogP contribution in [0.1, 0.15) is 21.7 Å². The first-order valence-corrected chi connectivity index (χ1v) is 8.69. The summed E-state index contributed by atoms with van der Waals surface area (Å²) in [6.45, 7) is 1.97. The van der Waals surface area contributed by atoms with E-state index in [1.807, 2.05) is 4.57 Å². The second-order valence-electron chi connectivity index (χ2n) is 6.35. The fourth-order valence-corrected chi connectivity index (χ4v) is 2.96. The van der Waals surface area contributed by atoms with Crippen LogP contribution < -0.4 is 0 Å². The molecule has 3 rings (SSSR count). The highest BCUT2D eigenvalue weighted by Crippen LogP contribution is 2.20. The zero-order chi connectivity index (χ0) is 18.7. The number of benzene rings is 1. The van der Waals surface area contributed by atoms with Crippen LogP contribution in [0.3, 0.4) is 0 Å². The average Bonchev–Trinajstić information content (AvgIpc) is 3.03. The van der Waals surface area contributed by atoms with Crippen molar-refractivity contribution in [1.82, 2.24) is 19.4 Å². The van der Waals surface area contributed by atoms with E-state index in [1.165, 1.54) is 4.90 Å². The molecule has 2 aromatic rings. The lowest BCUT2D eigenvalue weighted by Crippen LogP contribution is -2.38. The van der Waals surface area contributed by atoms with Gasteiger partial charge in [-0.25, -0.2) is 4.98 Å². The molecule has 0 bridgehead atoms. The molecule has 138 valence electrons. The second kappa shape index (κ2) is 7.88. The maximum atomic E-state index is 12.7. The van der Waals surface area contributed by atoms with Gasteiger partial charge in [-0.3, -0.25) is 9.59 Å². The monoisotopic (exact) mass is 376 g/mol. The number of amides is 2. The van der Waals surface area contributed by atoms with Crippen LogP contribution in [0.2, 0.25) is 5.02 Å². The third kappa shape index (κ3) is 4.05. The molecule has 2 amide bonds. The van der Waals surface area contributed by atoms with E-state index in [1.54, 1.807) is 49.6 Å². The summed E-state index contributed by atoms with van der Waals surface area (Å²) < 4.78 is 7.50. The Hall–Kier alpha value is -2.38. The van der Waals surface area contributed by atoms with E-state index in [2.05, 4.69) is 4.98 Å². The van der Waals surface area contributed by atoms with Crippen molar-refractivity contribution in [2.24, 2.45) is 0 Å². The topological polar surface area (TPSA) is 67.7 Å². The number of likely N-dealkylation sites (N-methyl/N-ethyl adjacent to an activating group) is 1. The summed E-state index contributed by atoms with van der Waals surface area (Å²) in [4.78, 5) is 32.0. The Morgan fingerprint density at radius 3 is 2.85 bits per heavy atom. The third-order valence-electron chi connectivity index (χ3n) is 4.31. The zero-order valence-electron chi connectivity index (χ0n) is 14.8. The minimum atomic E-state index is -0.101.